The first kappa shape index (κ1) is 19.6. The van der Waals surface area contributed by atoms with Gasteiger partial charge in [-0.1, -0.05) is 37.3 Å². The van der Waals surface area contributed by atoms with Gasteiger partial charge in [-0.2, -0.15) is 13.2 Å². The molecule has 0 saturated carbocycles. The first-order valence-electron chi connectivity index (χ1n) is 8.24. The minimum Gasteiger partial charge on any atom is -0.341 e. The lowest BCUT2D eigenvalue weighted by Crippen LogP contribution is -2.05. The molecule has 0 atom stereocenters. The highest BCUT2D eigenvalue weighted by molar-refractivity contribution is 5.78. The highest BCUT2D eigenvalue weighted by Gasteiger charge is 2.31. The van der Waals surface area contributed by atoms with Crippen molar-refractivity contribution in [3.63, 3.8) is 0 Å². The number of benzene rings is 1. The van der Waals surface area contributed by atoms with Gasteiger partial charge >= 0.3 is 6.18 Å². The van der Waals surface area contributed by atoms with Crippen molar-refractivity contribution >= 4 is 16.9 Å². The summed E-state index contributed by atoms with van der Waals surface area (Å²) in [6, 6.07) is 11.1. The van der Waals surface area contributed by atoms with Gasteiger partial charge in [-0.15, -0.1) is 0 Å². The van der Waals surface area contributed by atoms with Gasteiger partial charge in [0.25, 0.3) is 0 Å². The molecular weight excluding hydrogens is 343 g/mol. The van der Waals surface area contributed by atoms with E-state index < -0.39 is 11.7 Å². The first-order valence-corrected chi connectivity index (χ1v) is 8.24. The van der Waals surface area contributed by atoms with E-state index in [2.05, 4.69) is 27.1 Å². The second-order valence-corrected chi connectivity index (χ2v) is 5.79. The fourth-order valence-corrected chi connectivity index (χ4v) is 2.28. The molecule has 0 saturated heterocycles. The first-order chi connectivity index (χ1) is 12.3. The van der Waals surface area contributed by atoms with Crippen LogP contribution in [0.15, 0.2) is 42.6 Å². The van der Waals surface area contributed by atoms with Crippen LogP contribution in [0, 0.1) is 6.92 Å². The maximum atomic E-state index is 12.2. The topological polar surface area (TPSA) is 58.6 Å². The molecule has 0 spiro atoms. The molecule has 138 valence electrons. The third kappa shape index (κ3) is 5.68. The maximum Gasteiger partial charge on any atom is 0.417 e. The molecule has 1 aromatic carbocycles. The van der Waals surface area contributed by atoms with Gasteiger partial charge in [0, 0.05) is 19.0 Å². The zero-order chi connectivity index (χ0) is 19.2. The minimum absolute atomic E-state index is 0.301. The Labute approximate surface area is 149 Å². The number of aromatic nitrogens is 3. The molecule has 3 rings (SSSR count). The number of nitrogens with one attached hydrogen (secondary N) is 1. The largest absolute Gasteiger partial charge is 0.417 e. The summed E-state index contributed by atoms with van der Waals surface area (Å²) in [6.45, 7) is 3.57. The van der Waals surface area contributed by atoms with Crippen LogP contribution in [0.3, 0.4) is 0 Å². The van der Waals surface area contributed by atoms with Crippen molar-refractivity contribution in [3.05, 3.63) is 59.5 Å². The molecular formula is C19H20F3N3O. The molecule has 26 heavy (non-hydrogen) atoms. The van der Waals surface area contributed by atoms with Gasteiger partial charge in [0.2, 0.25) is 0 Å². The second-order valence-electron chi connectivity index (χ2n) is 5.79. The van der Waals surface area contributed by atoms with Crippen LogP contribution in [0.2, 0.25) is 0 Å². The normalized spacial score (nSPS) is 11.1. The number of H-pyrrole nitrogens is 1. The predicted molar refractivity (Wildman–Crippen MR) is 93.7 cm³/mol. The molecule has 3 aromatic rings. The molecule has 0 bridgehead atoms. The molecule has 0 radical (unpaired) electrons. The SMILES string of the molecule is CCC(=O)CCc1ccccc1.Cc1nc2ncc(C(F)(F)F)cc2[nH]1. The van der Waals surface area contributed by atoms with E-state index in [4.69, 9.17) is 0 Å². The summed E-state index contributed by atoms with van der Waals surface area (Å²) in [5.41, 5.74) is 1.08. The highest BCUT2D eigenvalue weighted by Crippen LogP contribution is 2.29. The van der Waals surface area contributed by atoms with E-state index in [0.717, 1.165) is 18.7 Å². The number of rotatable bonds is 4. The Bertz CT molecular complexity index is 857. The summed E-state index contributed by atoms with van der Waals surface area (Å²) >= 11 is 0. The summed E-state index contributed by atoms with van der Waals surface area (Å²) in [6.07, 6.45) is -1.36. The number of pyridine rings is 1. The number of halogens is 3. The van der Waals surface area contributed by atoms with E-state index in [9.17, 15) is 18.0 Å². The number of imidazole rings is 1. The van der Waals surface area contributed by atoms with Crippen molar-refractivity contribution < 1.29 is 18.0 Å². The van der Waals surface area contributed by atoms with Crippen LogP contribution >= 0.6 is 0 Å². The number of Topliss-reactive ketones (excluding diaryl/α,β-unsaturated/α-hetero) is 1. The van der Waals surface area contributed by atoms with Crippen molar-refractivity contribution in [2.75, 3.05) is 0 Å². The van der Waals surface area contributed by atoms with Gasteiger partial charge in [0.15, 0.2) is 5.65 Å². The maximum absolute atomic E-state index is 12.2. The Kier molecular flexibility index (Phi) is 6.49. The number of aryl methyl sites for hydroxylation is 2. The summed E-state index contributed by atoms with van der Waals surface area (Å²) in [4.78, 5) is 21.2. The number of carbonyl (C=O) groups is 1. The van der Waals surface area contributed by atoms with Crippen LogP contribution in [-0.4, -0.2) is 20.7 Å². The molecule has 0 aliphatic heterocycles. The van der Waals surface area contributed by atoms with Crippen LogP contribution < -0.4 is 0 Å². The van der Waals surface area contributed by atoms with Crippen LogP contribution in [0.1, 0.15) is 36.7 Å². The Balaban J connectivity index is 0.000000190. The molecule has 4 nitrogen and oxygen atoms in total. The average Bonchev–Trinajstić information content (AvgIpc) is 2.99. The summed E-state index contributed by atoms with van der Waals surface area (Å²) in [5, 5.41) is 0. The summed E-state index contributed by atoms with van der Waals surface area (Å²) in [5.74, 6) is 0.894. The van der Waals surface area contributed by atoms with E-state index in [0.29, 0.717) is 35.6 Å². The molecule has 0 aliphatic rings. The third-order valence-electron chi connectivity index (χ3n) is 3.71. The van der Waals surface area contributed by atoms with Gasteiger partial charge in [-0.05, 0) is 25.0 Å². The second kappa shape index (κ2) is 8.60. The fourth-order valence-electron chi connectivity index (χ4n) is 2.28. The van der Waals surface area contributed by atoms with Gasteiger partial charge in [0.05, 0.1) is 11.1 Å². The Morgan fingerprint density at radius 2 is 1.88 bits per heavy atom. The lowest BCUT2D eigenvalue weighted by atomic mass is 10.1. The quantitative estimate of drug-likeness (QED) is 0.718. The van der Waals surface area contributed by atoms with Gasteiger partial charge in [0.1, 0.15) is 11.6 Å². The number of nitrogens with zero attached hydrogens (tertiary/aromatic N) is 2. The van der Waals surface area contributed by atoms with Crippen LogP contribution in [0.4, 0.5) is 13.2 Å². The Morgan fingerprint density at radius 3 is 2.50 bits per heavy atom. The molecule has 2 aromatic heterocycles. The molecule has 0 unspecified atom stereocenters. The van der Waals surface area contributed by atoms with Gasteiger partial charge < -0.3 is 4.98 Å². The molecule has 0 aliphatic carbocycles. The monoisotopic (exact) mass is 363 g/mol. The van der Waals surface area contributed by atoms with Crippen molar-refractivity contribution in [1.29, 1.82) is 0 Å². The zero-order valence-corrected chi connectivity index (χ0v) is 14.6. The van der Waals surface area contributed by atoms with Crippen LogP contribution in [0.25, 0.3) is 11.2 Å². The van der Waals surface area contributed by atoms with Crippen molar-refractivity contribution in [1.82, 2.24) is 15.0 Å². The van der Waals surface area contributed by atoms with Crippen LogP contribution in [0.5, 0.6) is 0 Å². The zero-order valence-electron chi connectivity index (χ0n) is 14.6. The predicted octanol–water partition coefficient (Wildman–Crippen LogP) is 4.88. The molecule has 0 amide bonds. The van der Waals surface area contributed by atoms with E-state index in [-0.39, 0.29) is 0 Å². The highest BCUT2D eigenvalue weighted by atomic mass is 19.4. The number of ketones is 1. The minimum atomic E-state index is -4.36. The lowest BCUT2D eigenvalue weighted by molar-refractivity contribution is -0.137. The lowest BCUT2D eigenvalue weighted by Gasteiger charge is -2.04. The average molecular weight is 363 g/mol. The van der Waals surface area contributed by atoms with Gasteiger partial charge in [-0.25, -0.2) is 9.97 Å². The van der Waals surface area contributed by atoms with Crippen molar-refractivity contribution in [2.24, 2.45) is 0 Å². The van der Waals surface area contributed by atoms with Crippen LogP contribution in [-0.2, 0) is 17.4 Å². The van der Waals surface area contributed by atoms with Crippen molar-refractivity contribution in [2.45, 2.75) is 39.3 Å². The fraction of sp³-hybridized carbons (Fsp3) is 0.316. The summed E-state index contributed by atoms with van der Waals surface area (Å²) in [7, 11) is 0. The number of hydrogen-bond donors (Lipinski definition) is 1. The van der Waals surface area contributed by atoms with E-state index >= 15 is 0 Å². The molecule has 0 fully saturated rings. The summed E-state index contributed by atoms with van der Waals surface area (Å²) < 4.78 is 36.7. The van der Waals surface area contributed by atoms with E-state index in [1.165, 1.54) is 5.56 Å². The number of alkyl halides is 3. The smallest absolute Gasteiger partial charge is 0.341 e. The Morgan fingerprint density at radius 1 is 1.19 bits per heavy atom. The number of aromatic amines is 1. The Hall–Kier alpha value is -2.70. The van der Waals surface area contributed by atoms with E-state index in [1.807, 2.05) is 25.1 Å². The third-order valence-corrected chi connectivity index (χ3v) is 3.71. The number of fused-ring (bicyclic) bond motifs is 1. The van der Waals surface area contributed by atoms with E-state index in [1.54, 1.807) is 6.92 Å². The molecule has 7 heteroatoms. The molecule has 2 heterocycles. The number of carbonyl (C=O) groups excluding carboxylic acids is 1. The molecule has 1 N–H and O–H groups in total. The van der Waals surface area contributed by atoms with Gasteiger partial charge in [-0.3, -0.25) is 4.79 Å². The standard InChI is InChI=1S/C11H14O.C8H6F3N3/c1-2-11(12)9-8-10-6-4-3-5-7-10;1-4-13-6-2-5(8(9,10)11)3-12-7(6)14-4/h3-7H,2,8-9H2,1H3;2-3H,1H3,(H,12,13,14). The van der Waals surface area contributed by atoms with Crippen molar-refractivity contribution in [3.8, 4) is 0 Å². The number of hydrogen-bond acceptors (Lipinski definition) is 3.